The third-order valence-corrected chi connectivity index (χ3v) is 3.95. The molecule has 2 aromatic carbocycles. The Morgan fingerprint density at radius 2 is 1.73 bits per heavy atom. The Labute approximate surface area is 173 Å². The van der Waals surface area contributed by atoms with Crippen molar-refractivity contribution in [3.63, 3.8) is 0 Å². The molecule has 1 heterocycles. The van der Waals surface area contributed by atoms with Crippen LogP contribution in [0.15, 0.2) is 55.1 Å². The van der Waals surface area contributed by atoms with Crippen molar-refractivity contribution in [1.29, 1.82) is 0 Å². The van der Waals surface area contributed by atoms with Gasteiger partial charge in [-0.15, -0.1) is 0 Å². The highest BCUT2D eigenvalue weighted by molar-refractivity contribution is 5.95. The topological polar surface area (TPSA) is 105 Å². The monoisotopic (exact) mass is 410 g/mol. The molecule has 0 atom stereocenters. The largest absolute Gasteiger partial charge is 0.490 e. The molecule has 30 heavy (non-hydrogen) atoms. The molecule has 0 aliphatic rings. The lowest BCUT2D eigenvalue weighted by Crippen LogP contribution is -2.21. The Balaban J connectivity index is 1.55. The first-order valence-electron chi connectivity index (χ1n) is 9.42. The number of ether oxygens (including phenoxy) is 3. The molecule has 0 aliphatic heterocycles. The number of rotatable bonds is 9. The first-order chi connectivity index (χ1) is 14.6. The third-order valence-electron chi connectivity index (χ3n) is 3.95. The number of amides is 1. The first-order valence-corrected chi connectivity index (χ1v) is 9.42. The summed E-state index contributed by atoms with van der Waals surface area (Å²) in [6.45, 7) is 4.29. The molecule has 3 rings (SSSR count). The van der Waals surface area contributed by atoms with E-state index in [1.54, 1.807) is 53.5 Å². The molecule has 9 nitrogen and oxygen atoms in total. The van der Waals surface area contributed by atoms with Crippen molar-refractivity contribution in [1.82, 2.24) is 14.8 Å². The number of hydrogen-bond acceptors (Lipinski definition) is 7. The van der Waals surface area contributed by atoms with Crippen molar-refractivity contribution in [2.75, 3.05) is 25.1 Å². The highest BCUT2D eigenvalue weighted by Gasteiger charge is 2.12. The molecular formula is C21H22N4O5. The summed E-state index contributed by atoms with van der Waals surface area (Å²) >= 11 is 0. The molecule has 3 aromatic rings. The lowest BCUT2D eigenvalue weighted by molar-refractivity contribution is -0.119. The molecule has 0 fully saturated rings. The van der Waals surface area contributed by atoms with E-state index in [1.807, 2.05) is 13.8 Å². The molecule has 0 radical (unpaired) electrons. The molecule has 0 bridgehead atoms. The van der Waals surface area contributed by atoms with Crippen LogP contribution >= 0.6 is 0 Å². The summed E-state index contributed by atoms with van der Waals surface area (Å²) in [5.74, 6) is 0.0610. The lowest BCUT2D eigenvalue weighted by atomic mass is 10.2. The molecule has 1 aromatic heterocycles. The Morgan fingerprint density at radius 3 is 2.40 bits per heavy atom. The van der Waals surface area contributed by atoms with Crippen LogP contribution in [-0.2, 0) is 9.53 Å². The summed E-state index contributed by atoms with van der Waals surface area (Å²) in [4.78, 5) is 28.2. The maximum Gasteiger partial charge on any atom is 0.338 e. The molecule has 0 saturated heterocycles. The number of esters is 1. The van der Waals surface area contributed by atoms with Gasteiger partial charge in [-0.2, -0.15) is 5.10 Å². The van der Waals surface area contributed by atoms with Crippen LogP contribution in [0, 0.1) is 0 Å². The Hall–Kier alpha value is -3.88. The number of aromatic nitrogens is 3. The zero-order valence-corrected chi connectivity index (χ0v) is 16.7. The van der Waals surface area contributed by atoms with Crippen molar-refractivity contribution in [2.24, 2.45) is 0 Å². The predicted molar refractivity (Wildman–Crippen MR) is 109 cm³/mol. The summed E-state index contributed by atoms with van der Waals surface area (Å²) in [5, 5.41) is 6.69. The smallest absolute Gasteiger partial charge is 0.338 e. The van der Waals surface area contributed by atoms with Crippen LogP contribution in [0.5, 0.6) is 11.5 Å². The zero-order chi connectivity index (χ0) is 21.3. The van der Waals surface area contributed by atoms with E-state index in [2.05, 4.69) is 15.4 Å². The van der Waals surface area contributed by atoms with E-state index >= 15 is 0 Å². The van der Waals surface area contributed by atoms with Gasteiger partial charge in [0.05, 0.1) is 24.5 Å². The normalized spacial score (nSPS) is 10.3. The van der Waals surface area contributed by atoms with E-state index in [1.165, 1.54) is 6.33 Å². The highest BCUT2D eigenvalue weighted by Crippen LogP contribution is 2.30. The number of nitrogens with zero attached hydrogens (tertiary/aromatic N) is 3. The molecule has 156 valence electrons. The van der Waals surface area contributed by atoms with Crippen LogP contribution in [0.1, 0.15) is 24.2 Å². The molecule has 0 saturated carbocycles. The average Bonchev–Trinajstić information content (AvgIpc) is 3.29. The second-order valence-electron chi connectivity index (χ2n) is 6.04. The van der Waals surface area contributed by atoms with Crippen LogP contribution in [0.3, 0.4) is 0 Å². The van der Waals surface area contributed by atoms with Gasteiger partial charge in [0.1, 0.15) is 12.7 Å². The molecule has 1 amide bonds. The lowest BCUT2D eigenvalue weighted by Gasteiger charge is -2.13. The minimum Gasteiger partial charge on any atom is -0.490 e. The van der Waals surface area contributed by atoms with Crippen molar-refractivity contribution in [2.45, 2.75) is 13.8 Å². The van der Waals surface area contributed by atoms with Gasteiger partial charge in [-0.3, -0.25) is 4.79 Å². The number of anilines is 1. The maximum atomic E-state index is 12.2. The number of nitrogens with one attached hydrogen (secondary N) is 1. The van der Waals surface area contributed by atoms with E-state index in [0.29, 0.717) is 36.0 Å². The number of hydrogen-bond donors (Lipinski definition) is 1. The SMILES string of the molecule is CCOc1ccc(NC(=O)COC(=O)c2ccc(-n3cncn3)cc2)cc1OCC. The molecule has 0 unspecified atom stereocenters. The minimum atomic E-state index is -0.600. The van der Waals surface area contributed by atoms with Crippen molar-refractivity contribution >= 4 is 17.6 Å². The van der Waals surface area contributed by atoms with Crippen LogP contribution in [0.2, 0.25) is 0 Å². The second kappa shape index (κ2) is 10.1. The van der Waals surface area contributed by atoms with Gasteiger partial charge in [0, 0.05) is 11.8 Å². The van der Waals surface area contributed by atoms with Gasteiger partial charge in [0.25, 0.3) is 5.91 Å². The molecule has 1 N–H and O–H groups in total. The van der Waals surface area contributed by atoms with Gasteiger partial charge in [0.2, 0.25) is 0 Å². The molecular weight excluding hydrogens is 388 g/mol. The van der Waals surface area contributed by atoms with Crippen molar-refractivity contribution < 1.29 is 23.8 Å². The van der Waals surface area contributed by atoms with Gasteiger partial charge in [0.15, 0.2) is 18.1 Å². The van der Waals surface area contributed by atoms with Gasteiger partial charge >= 0.3 is 5.97 Å². The van der Waals surface area contributed by atoms with Gasteiger partial charge < -0.3 is 19.5 Å². The van der Waals surface area contributed by atoms with Crippen LogP contribution in [0.25, 0.3) is 5.69 Å². The summed E-state index contributed by atoms with van der Waals surface area (Å²) in [7, 11) is 0. The fourth-order valence-electron chi connectivity index (χ4n) is 2.63. The number of carbonyl (C=O) groups excluding carboxylic acids is 2. The summed E-state index contributed by atoms with van der Waals surface area (Å²) < 4.78 is 17.7. The molecule has 9 heteroatoms. The van der Waals surface area contributed by atoms with E-state index in [4.69, 9.17) is 14.2 Å². The molecule has 0 spiro atoms. The van der Waals surface area contributed by atoms with Crippen LogP contribution in [-0.4, -0.2) is 46.5 Å². The van der Waals surface area contributed by atoms with Gasteiger partial charge in [-0.1, -0.05) is 0 Å². The number of carbonyl (C=O) groups is 2. The van der Waals surface area contributed by atoms with Crippen molar-refractivity contribution in [3.8, 4) is 17.2 Å². The quantitative estimate of drug-likeness (QED) is 0.541. The fourth-order valence-corrected chi connectivity index (χ4v) is 2.63. The fraction of sp³-hybridized carbons (Fsp3) is 0.238. The van der Waals surface area contributed by atoms with E-state index < -0.39 is 18.5 Å². The van der Waals surface area contributed by atoms with E-state index in [9.17, 15) is 9.59 Å². The Bertz CT molecular complexity index is 987. The summed E-state index contributed by atoms with van der Waals surface area (Å²) in [5.41, 5.74) is 1.59. The summed E-state index contributed by atoms with van der Waals surface area (Å²) in [6.07, 6.45) is 2.97. The predicted octanol–water partition coefficient (Wildman–Crippen LogP) is 2.86. The molecule has 0 aliphatic carbocycles. The minimum absolute atomic E-state index is 0.325. The zero-order valence-electron chi connectivity index (χ0n) is 16.7. The van der Waals surface area contributed by atoms with Gasteiger partial charge in [-0.05, 0) is 50.2 Å². The Morgan fingerprint density at radius 1 is 1.00 bits per heavy atom. The Kier molecular flexibility index (Phi) is 6.99. The number of benzene rings is 2. The summed E-state index contributed by atoms with van der Waals surface area (Å²) in [6, 6.07) is 11.7. The average molecular weight is 410 g/mol. The van der Waals surface area contributed by atoms with Crippen LogP contribution in [0.4, 0.5) is 5.69 Å². The van der Waals surface area contributed by atoms with Crippen molar-refractivity contribution in [3.05, 3.63) is 60.7 Å². The standard InChI is InChI=1S/C21H22N4O5/c1-3-28-18-10-7-16(11-19(18)29-4-2)24-20(26)12-30-21(27)15-5-8-17(9-6-15)25-14-22-13-23-25/h5-11,13-14H,3-4,12H2,1-2H3,(H,24,26). The van der Waals surface area contributed by atoms with E-state index in [0.717, 1.165) is 5.69 Å². The first kappa shape index (κ1) is 20.8. The van der Waals surface area contributed by atoms with E-state index in [-0.39, 0.29) is 0 Å². The van der Waals surface area contributed by atoms with Crippen LogP contribution < -0.4 is 14.8 Å². The third kappa shape index (κ3) is 5.34. The maximum absolute atomic E-state index is 12.2. The van der Waals surface area contributed by atoms with Gasteiger partial charge in [-0.25, -0.2) is 14.5 Å². The second-order valence-corrected chi connectivity index (χ2v) is 6.04. The highest BCUT2D eigenvalue weighted by atomic mass is 16.5.